The van der Waals surface area contributed by atoms with E-state index >= 15 is 0 Å². The summed E-state index contributed by atoms with van der Waals surface area (Å²) in [6, 6.07) is 6.69. The van der Waals surface area contributed by atoms with E-state index in [1.807, 2.05) is 13.0 Å². The fourth-order valence-corrected chi connectivity index (χ4v) is 1.85. The Morgan fingerprint density at radius 1 is 1.35 bits per heavy atom. The second-order valence-electron chi connectivity index (χ2n) is 4.30. The van der Waals surface area contributed by atoms with Crippen molar-refractivity contribution in [3.8, 4) is 11.5 Å². The SMILES string of the molecule is COc1cccc(C(=O)O)c1OCc1cncc(C)c1. The molecule has 0 aliphatic rings. The van der Waals surface area contributed by atoms with Gasteiger partial charge in [0.15, 0.2) is 11.5 Å². The van der Waals surface area contributed by atoms with Crippen LogP contribution in [0.5, 0.6) is 11.5 Å². The zero-order chi connectivity index (χ0) is 14.5. The van der Waals surface area contributed by atoms with Gasteiger partial charge in [0.2, 0.25) is 0 Å². The van der Waals surface area contributed by atoms with Gasteiger partial charge in [-0.05, 0) is 30.7 Å². The Morgan fingerprint density at radius 3 is 2.80 bits per heavy atom. The van der Waals surface area contributed by atoms with Gasteiger partial charge in [0.05, 0.1) is 7.11 Å². The van der Waals surface area contributed by atoms with Crippen LogP contribution in [0.4, 0.5) is 0 Å². The van der Waals surface area contributed by atoms with Gasteiger partial charge in [0.25, 0.3) is 0 Å². The number of carboxylic acid groups (broad SMARTS) is 1. The third-order valence-corrected chi connectivity index (χ3v) is 2.74. The summed E-state index contributed by atoms with van der Waals surface area (Å²) in [5.41, 5.74) is 1.96. The predicted octanol–water partition coefficient (Wildman–Crippen LogP) is 2.68. The van der Waals surface area contributed by atoms with Crippen molar-refractivity contribution >= 4 is 5.97 Å². The monoisotopic (exact) mass is 273 g/mol. The number of nitrogens with zero attached hydrogens (tertiary/aromatic N) is 1. The lowest BCUT2D eigenvalue weighted by atomic mass is 10.2. The normalized spacial score (nSPS) is 10.1. The molecule has 20 heavy (non-hydrogen) atoms. The first-order chi connectivity index (χ1) is 9.61. The molecule has 0 aliphatic heterocycles. The van der Waals surface area contributed by atoms with Crippen molar-refractivity contribution in [2.24, 2.45) is 0 Å². The Hall–Kier alpha value is -2.56. The highest BCUT2D eigenvalue weighted by molar-refractivity contribution is 5.92. The van der Waals surface area contributed by atoms with Crippen LogP contribution in [0.1, 0.15) is 21.5 Å². The molecule has 0 saturated heterocycles. The molecule has 1 aromatic carbocycles. The summed E-state index contributed by atoms with van der Waals surface area (Å²) in [5.74, 6) is -0.434. The fraction of sp³-hybridized carbons (Fsp3) is 0.200. The molecule has 0 amide bonds. The maximum atomic E-state index is 11.2. The van der Waals surface area contributed by atoms with Crippen LogP contribution in [0, 0.1) is 6.92 Å². The molecule has 0 saturated carbocycles. The molecule has 0 bridgehead atoms. The quantitative estimate of drug-likeness (QED) is 0.907. The number of aromatic nitrogens is 1. The number of para-hydroxylation sites is 1. The second-order valence-corrected chi connectivity index (χ2v) is 4.30. The van der Waals surface area contributed by atoms with Gasteiger partial charge in [-0.15, -0.1) is 0 Å². The molecule has 0 radical (unpaired) electrons. The Labute approximate surface area is 116 Å². The van der Waals surface area contributed by atoms with E-state index in [0.717, 1.165) is 11.1 Å². The van der Waals surface area contributed by atoms with Crippen molar-refractivity contribution < 1.29 is 19.4 Å². The maximum Gasteiger partial charge on any atom is 0.339 e. The number of rotatable bonds is 5. The average molecular weight is 273 g/mol. The number of aryl methyl sites for hydroxylation is 1. The first-order valence-electron chi connectivity index (χ1n) is 6.05. The molecule has 104 valence electrons. The fourth-order valence-electron chi connectivity index (χ4n) is 1.85. The van der Waals surface area contributed by atoms with Crippen LogP contribution in [-0.4, -0.2) is 23.2 Å². The van der Waals surface area contributed by atoms with Crippen molar-refractivity contribution in [2.75, 3.05) is 7.11 Å². The van der Waals surface area contributed by atoms with Crippen LogP contribution in [0.15, 0.2) is 36.7 Å². The Balaban J connectivity index is 2.26. The molecule has 5 heteroatoms. The minimum absolute atomic E-state index is 0.0740. The molecule has 0 aliphatic carbocycles. The van der Waals surface area contributed by atoms with E-state index in [4.69, 9.17) is 9.47 Å². The van der Waals surface area contributed by atoms with Gasteiger partial charge in [-0.3, -0.25) is 4.98 Å². The number of carboxylic acids is 1. The number of ether oxygens (including phenoxy) is 2. The van der Waals surface area contributed by atoms with Crippen molar-refractivity contribution in [3.63, 3.8) is 0 Å². The zero-order valence-electron chi connectivity index (χ0n) is 11.3. The summed E-state index contributed by atoms with van der Waals surface area (Å²) in [7, 11) is 1.47. The Morgan fingerprint density at radius 2 is 2.15 bits per heavy atom. The number of carbonyl (C=O) groups is 1. The van der Waals surface area contributed by atoms with E-state index in [0.29, 0.717) is 5.75 Å². The topological polar surface area (TPSA) is 68.7 Å². The van der Waals surface area contributed by atoms with Crippen LogP contribution in [0.2, 0.25) is 0 Å². The lowest BCUT2D eigenvalue weighted by Crippen LogP contribution is -2.05. The van der Waals surface area contributed by atoms with Crippen LogP contribution in [0.3, 0.4) is 0 Å². The molecule has 0 unspecified atom stereocenters. The van der Waals surface area contributed by atoms with Crippen LogP contribution in [-0.2, 0) is 6.61 Å². The van der Waals surface area contributed by atoms with Gasteiger partial charge in [-0.1, -0.05) is 6.07 Å². The average Bonchev–Trinajstić information content (AvgIpc) is 2.44. The first-order valence-corrected chi connectivity index (χ1v) is 6.05. The summed E-state index contributed by atoms with van der Waals surface area (Å²) in [6.07, 6.45) is 3.43. The van der Waals surface area contributed by atoms with Crippen LogP contribution in [0.25, 0.3) is 0 Å². The highest BCUT2D eigenvalue weighted by atomic mass is 16.5. The molecule has 2 aromatic rings. The smallest absolute Gasteiger partial charge is 0.339 e. The number of benzene rings is 1. The number of hydrogen-bond donors (Lipinski definition) is 1. The summed E-state index contributed by atoms with van der Waals surface area (Å²) in [5, 5.41) is 9.18. The van der Waals surface area contributed by atoms with Crippen molar-refractivity contribution in [1.29, 1.82) is 0 Å². The zero-order valence-corrected chi connectivity index (χ0v) is 11.3. The van der Waals surface area contributed by atoms with Crippen molar-refractivity contribution in [3.05, 3.63) is 53.3 Å². The van der Waals surface area contributed by atoms with Crippen LogP contribution < -0.4 is 9.47 Å². The summed E-state index contributed by atoms with van der Waals surface area (Å²) in [4.78, 5) is 15.3. The predicted molar refractivity (Wildman–Crippen MR) is 73.3 cm³/mol. The number of hydrogen-bond acceptors (Lipinski definition) is 4. The molecule has 0 atom stereocenters. The van der Waals surface area contributed by atoms with Crippen molar-refractivity contribution in [2.45, 2.75) is 13.5 Å². The highest BCUT2D eigenvalue weighted by Crippen LogP contribution is 2.31. The third-order valence-electron chi connectivity index (χ3n) is 2.74. The third kappa shape index (κ3) is 3.06. The summed E-state index contributed by atoms with van der Waals surface area (Å²) >= 11 is 0. The standard InChI is InChI=1S/C15H15NO4/c1-10-6-11(8-16-7-10)9-20-14-12(15(17)18)4-3-5-13(14)19-2/h3-8H,9H2,1-2H3,(H,17,18). The Kier molecular flexibility index (Phi) is 4.20. The minimum atomic E-state index is -1.05. The van der Waals surface area contributed by atoms with Crippen molar-refractivity contribution in [1.82, 2.24) is 4.98 Å². The second kappa shape index (κ2) is 6.06. The van der Waals surface area contributed by atoms with Gasteiger partial charge in [0, 0.05) is 18.0 Å². The lowest BCUT2D eigenvalue weighted by Gasteiger charge is -2.13. The molecular weight excluding hydrogens is 258 g/mol. The van der Waals surface area contributed by atoms with E-state index in [1.165, 1.54) is 13.2 Å². The molecule has 0 fully saturated rings. The number of methoxy groups -OCH3 is 1. The number of pyridine rings is 1. The maximum absolute atomic E-state index is 11.2. The molecule has 1 heterocycles. The Bertz CT molecular complexity index is 625. The van der Waals surface area contributed by atoms with Crippen LogP contribution >= 0.6 is 0 Å². The van der Waals surface area contributed by atoms with Gasteiger partial charge >= 0.3 is 5.97 Å². The van der Waals surface area contributed by atoms with E-state index in [-0.39, 0.29) is 17.9 Å². The van der Waals surface area contributed by atoms with E-state index in [9.17, 15) is 9.90 Å². The molecule has 5 nitrogen and oxygen atoms in total. The largest absolute Gasteiger partial charge is 0.493 e. The summed E-state index contributed by atoms with van der Waals surface area (Å²) < 4.78 is 10.8. The van der Waals surface area contributed by atoms with Gasteiger partial charge in [0.1, 0.15) is 12.2 Å². The van der Waals surface area contributed by atoms with Gasteiger partial charge < -0.3 is 14.6 Å². The lowest BCUT2D eigenvalue weighted by molar-refractivity contribution is 0.0691. The van der Waals surface area contributed by atoms with Gasteiger partial charge in [-0.25, -0.2) is 4.79 Å². The molecular formula is C15H15NO4. The molecule has 2 rings (SSSR count). The van der Waals surface area contributed by atoms with Gasteiger partial charge in [-0.2, -0.15) is 0 Å². The summed E-state index contributed by atoms with van der Waals surface area (Å²) in [6.45, 7) is 2.16. The van der Waals surface area contributed by atoms with E-state index < -0.39 is 5.97 Å². The molecule has 1 N–H and O–H groups in total. The minimum Gasteiger partial charge on any atom is -0.493 e. The highest BCUT2D eigenvalue weighted by Gasteiger charge is 2.16. The molecule has 0 spiro atoms. The van der Waals surface area contributed by atoms with E-state index in [1.54, 1.807) is 24.5 Å². The number of aromatic carboxylic acids is 1. The molecule has 1 aromatic heterocycles. The first kappa shape index (κ1) is 13.9. The van der Waals surface area contributed by atoms with E-state index in [2.05, 4.69) is 4.98 Å².